The number of aromatic nitrogens is 3. The van der Waals surface area contributed by atoms with Crippen LogP contribution in [0, 0.1) is 6.92 Å². The maximum Gasteiger partial charge on any atom is 0.418 e. The third-order valence-corrected chi connectivity index (χ3v) is 6.23. The molecule has 0 saturated carbocycles. The molecule has 1 aromatic heterocycles. The second-order valence-electron chi connectivity index (χ2n) is 9.51. The van der Waals surface area contributed by atoms with Crippen molar-refractivity contribution in [2.75, 3.05) is 10.2 Å². The molecule has 2 heterocycles. The quantitative estimate of drug-likeness (QED) is 0.308. The Kier molecular flexibility index (Phi) is 6.48. The maximum absolute atomic E-state index is 13.0. The number of nitrogens with zero attached hydrogens (tertiary/aromatic N) is 4. The summed E-state index contributed by atoms with van der Waals surface area (Å²) in [5, 5.41) is 3.34. The lowest BCUT2D eigenvalue weighted by molar-refractivity contribution is 0.0685. The summed E-state index contributed by atoms with van der Waals surface area (Å²) < 4.78 is 11.6. The van der Waals surface area contributed by atoms with Crippen molar-refractivity contribution in [2.24, 2.45) is 0 Å². The first kappa shape index (κ1) is 24.2. The molecule has 0 bridgehead atoms. The molecule has 0 unspecified atom stereocenters. The van der Waals surface area contributed by atoms with Crippen LogP contribution in [0.2, 0.25) is 0 Å². The highest BCUT2D eigenvalue weighted by molar-refractivity contribution is 5.89. The number of hydrogen-bond acceptors (Lipinski definition) is 7. The SMILES string of the molecule is Cc1nc(N[C@@H](C)c2ccc(Oc3ccccc3)cc2)nc(N2C(=O)OC(C)(C)[C@@H]2c2ccccc2)n1. The third-order valence-electron chi connectivity index (χ3n) is 6.23. The molecule has 1 aliphatic rings. The van der Waals surface area contributed by atoms with Crippen LogP contribution in [-0.2, 0) is 4.74 Å². The summed E-state index contributed by atoms with van der Waals surface area (Å²) in [6.07, 6.45) is -0.488. The first-order chi connectivity index (χ1) is 17.8. The van der Waals surface area contributed by atoms with E-state index >= 15 is 0 Å². The molecule has 1 fully saturated rings. The van der Waals surface area contributed by atoms with E-state index in [0.29, 0.717) is 11.8 Å². The minimum Gasteiger partial charge on any atom is -0.457 e. The summed E-state index contributed by atoms with van der Waals surface area (Å²) in [7, 11) is 0. The van der Waals surface area contributed by atoms with Crippen LogP contribution in [0.1, 0.15) is 49.8 Å². The van der Waals surface area contributed by atoms with Crippen molar-refractivity contribution in [3.8, 4) is 11.5 Å². The molecule has 3 aromatic carbocycles. The number of anilines is 2. The van der Waals surface area contributed by atoms with Crippen molar-refractivity contribution in [2.45, 2.75) is 45.4 Å². The van der Waals surface area contributed by atoms with Crippen LogP contribution in [0.3, 0.4) is 0 Å². The smallest absolute Gasteiger partial charge is 0.418 e. The fourth-order valence-corrected chi connectivity index (χ4v) is 4.50. The van der Waals surface area contributed by atoms with E-state index in [-0.39, 0.29) is 18.0 Å². The lowest BCUT2D eigenvalue weighted by atomic mass is 9.92. The molecule has 5 rings (SSSR count). The van der Waals surface area contributed by atoms with Gasteiger partial charge in [0, 0.05) is 0 Å². The zero-order valence-corrected chi connectivity index (χ0v) is 21.3. The number of carbonyl (C=O) groups is 1. The second kappa shape index (κ2) is 9.89. The first-order valence-electron chi connectivity index (χ1n) is 12.2. The second-order valence-corrected chi connectivity index (χ2v) is 9.51. The van der Waals surface area contributed by atoms with E-state index in [0.717, 1.165) is 22.6 Å². The minimum atomic E-state index is -0.760. The molecule has 8 nitrogen and oxygen atoms in total. The Bertz CT molecular complexity index is 1380. The summed E-state index contributed by atoms with van der Waals surface area (Å²) in [5.41, 5.74) is 1.21. The maximum atomic E-state index is 13.0. The predicted molar refractivity (Wildman–Crippen MR) is 142 cm³/mol. The standard InChI is InChI=1S/C29H29N5O3/c1-19(21-15-17-24(18-16-21)36-23-13-9-6-10-14-23)30-26-31-20(2)32-27(33-26)34-25(22-11-7-5-8-12-22)29(3,4)37-28(34)35/h5-19,25H,1-4H3,(H,30,31,32,33)/t19-,25-/m0/s1. The van der Waals surface area contributed by atoms with E-state index in [9.17, 15) is 4.79 Å². The average molecular weight is 496 g/mol. The van der Waals surface area contributed by atoms with Gasteiger partial charge in [0.15, 0.2) is 0 Å². The number of amides is 1. The number of rotatable bonds is 7. The highest BCUT2D eigenvalue weighted by Gasteiger charge is 2.50. The summed E-state index contributed by atoms with van der Waals surface area (Å²) in [5.74, 6) is 2.66. The van der Waals surface area contributed by atoms with Crippen LogP contribution in [0.25, 0.3) is 0 Å². The van der Waals surface area contributed by atoms with Crippen molar-refractivity contribution < 1.29 is 14.3 Å². The predicted octanol–water partition coefficient (Wildman–Crippen LogP) is 6.62. The Morgan fingerprint density at radius 1 is 0.892 bits per heavy atom. The Morgan fingerprint density at radius 3 is 2.19 bits per heavy atom. The van der Waals surface area contributed by atoms with Gasteiger partial charge in [-0.25, -0.2) is 9.69 Å². The average Bonchev–Trinajstić information content (AvgIpc) is 3.13. The van der Waals surface area contributed by atoms with Gasteiger partial charge in [0.25, 0.3) is 0 Å². The van der Waals surface area contributed by atoms with Gasteiger partial charge in [-0.2, -0.15) is 15.0 Å². The van der Waals surface area contributed by atoms with Gasteiger partial charge in [-0.05, 0) is 63.1 Å². The van der Waals surface area contributed by atoms with Gasteiger partial charge in [-0.3, -0.25) is 0 Å². The van der Waals surface area contributed by atoms with E-state index in [1.165, 1.54) is 4.90 Å². The molecule has 0 aliphatic carbocycles. The van der Waals surface area contributed by atoms with Crippen LogP contribution >= 0.6 is 0 Å². The monoisotopic (exact) mass is 495 g/mol. The number of benzene rings is 3. The summed E-state index contributed by atoms with van der Waals surface area (Å²) in [4.78, 5) is 28.0. The number of ether oxygens (including phenoxy) is 2. The van der Waals surface area contributed by atoms with Gasteiger partial charge in [0.05, 0.1) is 6.04 Å². The van der Waals surface area contributed by atoms with Gasteiger partial charge in [0.1, 0.15) is 29.0 Å². The van der Waals surface area contributed by atoms with Gasteiger partial charge in [-0.15, -0.1) is 0 Å². The molecule has 0 radical (unpaired) electrons. The number of carbonyl (C=O) groups excluding carboxylic acids is 1. The highest BCUT2D eigenvalue weighted by atomic mass is 16.6. The molecule has 8 heteroatoms. The molecule has 37 heavy (non-hydrogen) atoms. The van der Waals surface area contributed by atoms with Crippen molar-refractivity contribution in [3.63, 3.8) is 0 Å². The van der Waals surface area contributed by atoms with Crippen molar-refractivity contribution >= 4 is 18.0 Å². The van der Waals surface area contributed by atoms with E-state index < -0.39 is 11.7 Å². The zero-order valence-electron chi connectivity index (χ0n) is 21.3. The molecule has 2 atom stereocenters. The van der Waals surface area contributed by atoms with Crippen LogP contribution in [-0.4, -0.2) is 26.6 Å². The zero-order chi connectivity index (χ0) is 26.0. The van der Waals surface area contributed by atoms with Gasteiger partial charge < -0.3 is 14.8 Å². The molecule has 1 aliphatic heterocycles. The molecule has 4 aromatic rings. The van der Waals surface area contributed by atoms with E-state index in [1.807, 2.05) is 106 Å². The largest absolute Gasteiger partial charge is 0.457 e. The normalized spacial score (nSPS) is 17.2. The number of para-hydroxylation sites is 1. The molecule has 1 amide bonds. The highest BCUT2D eigenvalue weighted by Crippen LogP contribution is 2.42. The summed E-state index contributed by atoms with van der Waals surface area (Å²) in [6, 6.07) is 26.8. The lowest BCUT2D eigenvalue weighted by Gasteiger charge is -2.28. The van der Waals surface area contributed by atoms with Gasteiger partial charge in [-0.1, -0.05) is 60.7 Å². The first-order valence-corrected chi connectivity index (χ1v) is 12.2. The van der Waals surface area contributed by atoms with E-state index in [2.05, 4.69) is 20.3 Å². The fraction of sp³-hybridized carbons (Fsp3) is 0.241. The number of cyclic esters (lactones) is 1. The third kappa shape index (κ3) is 5.23. The number of hydrogen-bond donors (Lipinski definition) is 1. The molecular weight excluding hydrogens is 466 g/mol. The van der Waals surface area contributed by atoms with E-state index in [4.69, 9.17) is 9.47 Å². The summed E-state index contributed by atoms with van der Waals surface area (Å²) in [6.45, 7) is 7.58. The molecule has 1 saturated heterocycles. The molecule has 1 N–H and O–H groups in total. The Labute approximate surface area is 216 Å². The topological polar surface area (TPSA) is 89.5 Å². The van der Waals surface area contributed by atoms with Crippen LogP contribution < -0.4 is 15.0 Å². The van der Waals surface area contributed by atoms with Crippen LogP contribution in [0.15, 0.2) is 84.9 Å². The van der Waals surface area contributed by atoms with Crippen LogP contribution in [0.5, 0.6) is 11.5 Å². The van der Waals surface area contributed by atoms with E-state index in [1.54, 1.807) is 6.92 Å². The van der Waals surface area contributed by atoms with Crippen molar-refractivity contribution in [1.82, 2.24) is 15.0 Å². The fourth-order valence-electron chi connectivity index (χ4n) is 4.50. The number of aryl methyl sites for hydroxylation is 1. The van der Waals surface area contributed by atoms with Crippen LogP contribution in [0.4, 0.5) is 16.7 Å². The van der Waals surface area contributed by atoms with Gasteiger partial charge >= 0.3 is 6.09 Å². The molecule has 0 spiro atoms. The minimum absolute atomic E-state index is 0.104. The molecular formula is C29H29N5O3. The van der Waals surface area contributed by atoms with Crippen molar-refractivity contribution in [1.29, 1.82) is 0 Å². The van der Waals surface area contributed by atoms with Gasteiger partial charge in [0.2, 0.25) is 11.9 Å². The number of nitrogens with one attached hydrogen (secondary N) is 1. The van der Waals surface area contributed by atoms with Crippen molar-refractivity contribution in [3.05, 3.63) is 102 Å². The Morgan fingerprint density at radius 2 is 1.51 bits per heavy atom. The lowest BCUT2D eigenvalue weighted by Crippen LogP contribution is -2.35. The molecule has 188 valence electrons. The Hall–Kier alpha value is -4.46. The summed E-state index contributed by atoms with van der Waals surface area (Å²) >= 11 is 0. The Balaban J connectivity index is 1.37.